The van der Waals surface area contributed by atoms with Crippen LogP contribution in [0.2, 0.25) is 0 Å². The molecule has 148 valence electrons. The smallest absolute Gasteiger partial charge is 0.218 e. The van der Waals surface area contributed by atoms with Crippen LogP contribution in [0.3, 0.4) is 0 Å². The van der Waals surface area contributed by atoms with Crippen LogP contribution in [0, 0.1) is 5.41 Å². The van der Waals surface area contributed by atoms with Gasteiger partial charge in [0.05, 0.1) is 13.7 Å². The number of hydrogen-bond donors (Lipinski definition) is 2. The molecule has 0 atom stereocenters. The average molecular weight is 476 g/mol. The van der Waals surface area contributed by atoms with Crippen LogP contribution in [0.1, 0.15) is 44.6 Å². The van der Waals surface area contributed by atoms with Gasteiger partial charge >= 0.3 is 0 Å². The second kappa shape index (κ2) is 12.3. The quantitative estimate of drug-likeness (QED) is 0.325. The minimum absolute atomic E-state index is 0. The van der Waals surface area contributed by atoms with Crippen LogP contribution in [-0.2, 0) is 11.3 Å². The summed E-state index contributed by atoms with van der Waals surface area (Å²) in [6, 6.07) is 3.90. The fourth-order valence-corrected chi connectivity index (χ4v) is 3.46. The number of guanidine groups is 1. The first-order valence-corrected chi connectivity index (χ1v) is 9.22. The van der Waals surface area contributed by atoms with Crippen molar-refractivity contribution in [2.24, 2.45) is 10.4 Å². The molecule has 6 nitrogen and oxygen atoms in total. The van der Waals surface area contributed by atoms with E-state index >= 15 is 0 Å². The summed E-state index contributed by atoms with van der Waals surface area (Å²) in [4.78, 5) is 8.94. The molecule has 1 aliphatic rings. The standard InChI is InChI=1S/C19H32N4O2.HI/c1-4-20-18(22-14-16-8-7-12-21-17(16)25-3)23-15-19(11-13-24-2)9-5-6-10-19;/h7-8,12H,4-6,9-11,13-15H2,1-3H3,(H2,20,22,23);1H. The second-order valence-corrected chi connectivity index (χ2v) is 6.67. The van der Waals surface area contributed by atoms with Gasteiger partial charge in [-0.2, -0.15) is 0 Å². The van der Waals surface area contributed by atoms with Crippen LogP contribution >= 0.6 is 24.0 Å². The zero-order chi connectivity index (χ0) is 18.0. The summed E-state index contributed by atoms with van der Waals surface area (Å²) in [6.07, 6.45) is 7.98. The largest absolute Gasteiger partial charge is 0.481 e. The Kier molecular flexibility index (Phi) is 10.9. The van der Waals surface area contributed by atoms with Crippen molar-refractivity contribution in [3.05, 3.63) is 23.9 Å². The molecule has 0 saturated heterocycles. The molecular weight excluding hydrogens is 443 g/mol. The maximum absolute atomic E-state index is 5.32. The van der Waals surface area contributed by atoms with E-state index in [4.69, 9.17) is 14.5 Å². The number of pyridine rings is 1. The average Bonchev–Trinajstić information content (AvgIpc) is 3.12. The van der Waals surface area contributed by atoms with Crippen molar-refractivity contribution in [2.75, 3.05) is 33.9 Å². The molecule has 0 aromatic carbocycles. The van der Waals surface area contributed by atoms with E-state index in [0.717, 1.165) is 37.6 Å². The lowest BCUT2D eigenvalue weighted by Gasteiger charge is -2.30. The van der Waals surface area contributed by atoms with E-state index in [0.29, 0.717) is 17.8 Å². The van der Waals surface area contributed by atoms with Crippen molar-refractivity contribution < 1.29 is 9.47 Å². The summed E-state index contributed by atoms with van der Waals surface area (Å²) in [6.45, 7) is 5.21. The predicted molar refractivity (Wildman–Crippen MR) is 116 cm³/mol. The second-order valence-electron chi connectivity index (χ2n) is 6.67. The van der Waals surface area contributed by atoms with Gasteiger partial charge in [0.2, 0.25) is 5.88 Å². The molecule has 0 unspecified atom stereocenters. The molecule has 1 heterocycles. The molecule has 2 rings (SSSR count). The number of ether oxygens (including phenoxy) is 2. The Morgan fingerprint density at radius 2 is 2.04 bits per heavy atom. The molecule has 0 radical (unpaired) electrons. The summed E-state index contributed by atoms with van der Waals surface area (Å²) in [7, 11) is 3.42. The molecule has 26 heavy (non-hydrogen) atoms. The number of halogens is 1. The zero-order valence-electron chi connectivity index (χ0n) is 16.2. The highest BCUT2D eigenvalue weighted by atomic mass is 127. The molecule has 0 aliphatic heterocycles. The maximum atomic E-state index is 5.32. The summed E-state index contributed by atoms with van der Waals surface area (Å²) in [5.74, 6) is 1.48. The fourth-order valence-electron chi connectivity index (χ4n) is 3.46. The van der Waals surface area contributed by atoms with Crippen molar-refractivity contribution in [3.8, 4) is 5.88 Å². The molecule has 7 heteroatoms. The number of hydrogen-bond acceptors (Lipinski definition) is 4. The Morgan fingerprint density at radius 1 is 1.27 bits per heavy atom. The Morgan fingerprint density at radius 3 is 2.69 bits per heavy atom. The third kappa shape index (κ3) is 6.90. The molecule has 1 aromatic heterocycles. The molecule has 0 bridgehead atoms. The molecule has 0 amide bonds. The van der Waals surface area contributed by atoms with Crippen LogP contribution in [0.25, 0.3) is 0 Å². The van der Waals surface area contributed by atoms with E-state index in [1.54, 1.807) is 20.4 Å². The van der Waals surface area contributed by atoms with Crippen molar-refractivity contribution in [2.45, 2.75) is 45.6 Å². The number of rotatable bonds is 9. The lowest BCUT2D eigenvalue weighted by atomic mass is 9.83. The number of nitrogens with one attached hydrogen (secondary N) is 2. The molecule has 1 aliphatic carbocycles. The first kappa shape index (κ1) is 23.0. The van der Waals surface area contributed by atoms with Crippen molar-refractivity contribution >= 4 is 29.9 Å². The van der Waals surface area contributed by atoms with E-state index in [1.165, 1.54) is 25.7 Å². The van der Waals surface area contributed by atoms with Crippen LogP contribution in [0.15, 0.2) is 23.3 Å². The summed E-state index contributed by atoms with van der Waals surface area (Å²) in [5.41, 5.74) is 1.32. The van der Waals surface area contributed by atoms with Crippen LogP contribution in [-0.4, -0.2) is 44.9 Å². The molecular formula is C19H33IN4O2. The highest BCUT2D eigenvalue weighted by Gasteiger charge is 2.33. The molecule has 2 N–H and O–H groups in total. The van der Waals surface area contributed by atoms with E-state index in [-0.39, 0.29) is 24.0 Å². The van der Waals surface area contributed by atoms with Gasteiger partial charge in [0.15, 0.2) is 5.96 Å². The fraction of sp³-hybridized carbons (Fsp3) is 0.684. The minimum Gasteiger partial charge on any atom is -0.481 e. The van der Waals surface area contributed by atoms with Gasteiger partial charge < -0.3 is 20.1 Å². The normalized spacial score (nSPS) is 16.0. The van der Waals surface area contributed by atoms with Crippen LogP contribution in [0.5, 0.6) is 5.88 Å². The summed E-state index contributed by atoms with van der Waals surface area (Å²) in [5, 5.41) is 6.88. The van der Waals surface area contributed by atoms with E-state index in [2.05, 4.69) is 22.5 Å². The molecule has 0 spiro atoms. The van der Waals surface area contributed by atoms with E-state index < -0.39 is 0 Å². The van der Waals surface area contributed by atoms with Crippen LogP contribution < -0.4 is 15.4 Å². The van der Waals surface area contributed by atoms with Gasteiger partial charge in [-0.1, -0.05) is 18.9 Å². The number of nitrogens with zero attached hydrogens (tertiary/aromatic N) is 2. The minimum atomic E-state index is 0. The first-order valence-electron chi connectivity index (χ1n) is 9.22. The van der Waals surface area contributed by atoms with Crippen molar-refractivity contribution in [1.29, 1.82) is 0 Å². The van der Waals surface area contributed by atoms with E-state index in [9.17, 15) is 0 Å². The molecule has 1 fully saturated rings. The Hall–Kier alpha value is -1.09. The number of aromatic nitrogens is 1. The Balaban J connectivity index is 0.00000338. The van der Waals surface area contributed by atoms with Gasteiger partial charge in [0.1, 0.15) is 0 Å². The van der Waals surface area contributed by atoms with Crippen molar-refractivity contribution in [1.82, 2.24) is 15.6 Å². The number of aliphatic imine (C=N–C) groups is 1. The Labute approximate surface area is 174 Å². The summed E-state index contributed by atoms with van der Waals surface area (Å²) >= 11 is 0. The highest BCUT2D eigenvalue weighted by Crippen LogP contribution is 2.40. The Bertz CT molecular complexity index is 548. The zero-order valence-corrected chi connectivity index (χ0v) is 18.5. The van der Waals surface area contributed by atoms with Gasteiger partial charge in [0.25, 0.3) is 0 Å². The third-order valence-corrected chi connectivity index (χ3v) is 4.93. The monoisotopic (exact) mass is 476 g/mol. The van der Waals surface area contributed by atoms with E-state index in [1.807, 2.05) is 12.1 Å². The van der Waals surface area contributed by atoms with Crippen LogP contribution in [0.4, 0.5) is 0 Å². The first-order chi connectivity index (χ1) is 12.2. The predicted octanol–water partition coefficient (Wildman–Crippen LogP) is 3.36. The van der Waals surface area contributed by atoms with Gasteiger partial charge in [-0.25, -0.2) is 9.98 Å². The summed E-state index contributed by atoms with van der Waals surface area (Å²) < 4.78 is 10.6. The molecule has 1 saturated carbocycles. The topological polar surface area (TPSA) is 67.8 Å². The van der Waals surface area contributed by atoms with Gasteiger partial charge in [-0.05, 0) is 37.7 Å². The van der Waals surface area contributed by atoms with Gasteiger partial charge in [-0.15, -0.1) is 24.0 Å². The highest BCUT2D eigenvalue weighted by molar-refractivity contribution is 14.0. The number of methoxy groups -OCH3 is 2. The van der Waals surface area contributed by atoms with Crippen molar-refractivity contribution in [3.63, 3.8) is 0 Å². The molecule has 1 aromatic rings. The third-order valence-electron chi connectivity index (χ3n) is 4.93. The van der Waals surface area contributed by atoms with Gasteiger partial charge in [0, 0.05) is 38.6 Å². The van der Waals surface area contributed by atoms with Gasteiger partial charge in [-0.3, -0.25) is 0 Å². The lowest BCUT2D eigenvalue weighted by Crippen LogP contribution is -2.43. The maximum Gasteiger partial charge on any atom is 0.218 e. The SMILES string of the molecule is CCNC(=NCc1cccnc1OC)NCC1(CCOC)CCCC1.I. The lowest BCUT2D eigenvalue weighted by molar-refractivity contribution is 0.138.